The lowest BCUT2D eigenvalue weighted by molar-refractivity contribution is -0.145. The molecule has 1 spiro atoms. The molecule has 2 aromatic carbocycles. The van der Waals surface area contributed by atoms with E-state index in [1.807, 2.05) is 49.4 Å². The van der Waals surface area contributed by atoms with E-state index in [1.54, 1.807) is 51.6 Å². The molecule has 9 heteroatoms. The molecule has 6 atom stereocenters. The molecular formula is C33H38ClN3O4S. The molecule has 3 saturated heterocycles. The van der Waals surface area contributed by atoms with Gasteiger partial charge in [0, 0.05) is 24.9 Å². The van der Waals surface area contributed by atoms with Gasteiger partial charge in [-0.15, -0.1) is 24.9 Å². The summed E-state index contributed by atoms with van der Waals surface area (Å²) in [7, 11) is 0. The van der Waals surface area contributed by atoms with Crippen LogP contribution in [-0.2, 0) is 20.9 Å². The van der Waals surface area contributed by atoms with Crippen molar-refractivity contribution in [2.75, 3.05) is 24.6 Å². The van der Waals surface area contributed by atoms with Crippen LogP contribution in [0.2, 0.25) is 5.02 Å². The first-order valence-electron chi connectivity index (χ1n) is 14.4. The first-order valence-corrected chi connectivity index (χ1v) is 15.7. The Bertz CT molecular complexity index is 1370. The molecule has 222 valence electrons. The quantitative estimate of drug-likeness (QED) is 0.369. The third-order valence-corrected chi connectivity index (χ3v) is 11.2. The van der Waals surface area contributed by atoms with Crippen LogP contribution in [0.4, 0.5) is 5.69 Å². The van der Waals surface area contributed by atoms with Crippen LogP contribution in [0.15, 0.2) is 73.8 Å². The van der Waals surface area contributed by atoms with E-state index >= 15 is 0 Å². The van der Waals surface area contributed by atoms with Crippen LogP contribution < -0.4 is 4.90 Å². The van der Waals surface area contributed by atoms with E-state index in [4.69, 9.17) is 11.6 Å². The summed E-state index contributed by atoms with van der Waals surface area (Å²) < 4.78 is -0.788. The summed E-state index contributed by atoms with van der Waals surface area (Å²) >= 11 is 8.25. The molecule has 5 rings (SSSR count). The standard InChI is InChI=1S/C33H38ClN3O4S/c1-5-17-35(19-23-12-8-7-9-13-23)30(39)26-25-15-16-33(42-25)27(26)31(40)37(22(4)20-38)29(33)32(41)36(18-6-2)28-21(3)11-10-14-24(28)34/h5-14,22,25-27,29,38H,1-2,15-20H2,3-4H3/t22-,25-,26+,27+,29?,33?/m1/s1. The smallest absolute Gasteiger partial charge is 0.251 e. The van der Waals surface area contributed by atoms with Crippen molar-refractivity contribution >= 4 is 46.8 Å². The second kappa shape index (κ2) is 12.3. The Morgan fingerprint density at radius 2 is 1.86 bits per heavy atom. The number of carbonyl (C=O) groups is 3. The zero-order valence-corrected chi connectivity index (χ0v) is 25.7. The molecule has 0 aliphatic carbocycles. The number of hydrogen-bond donors (Lipinski definition) is 1. The van der Waals surface area contributed by atoms with E-state index in [9.17, 15) is 19.5 Å². The molecule has 3 fully saturated rings. The fourth-order valence-electron chi connectivity index (χ4n) is 7.15. The normalized spacial score (nSPS) is 26.6. The van der Waals surface area contributed by atoms with Crippen molar-refractivity contribution in [3.05, 3.63) is 90.0 Å². The van der Waals surface area contributed by atoms with Gasteiger partial charge in [-0.3, -0.25) is 14.4 Å². The maximum absolute atomic E-state index is 14.7. The Morgan fingerprint density at radius 3 is 2.50 bits per heavy atom. The van der Waals surface area contributed by atoms with Crippen LogP contribution in [0.25, 0.3) is 0 Å². The molecular weight excluding hydrogens is 570 g/mol. The first kappa shape index (κ1) is 30.4. The maximum Gasteiger partial charge on any atom is 0.251 e. The summed E-state index contributed by atoms with van der Waals surface area (Å²) in [6.07, 6.45) is 4.72. The van der Waals surface area contributed by atoms with E-state index in [-0.39, 0.29) is 36.1 Å². The van der Waals surface area contributed by atoms with Crippen molar-refractivity contribution < 1.29 is 19.5 Å². The second-order valence-electron chi connectivity index (χ2n) is 11.5. The number of fused-ring (bicyclic) bond motifs is 1. The number of halogens is 1. The Balaban J connectivity index is 1.56. The zero-order valence-electron chi connectivity index (χ0n) is 24.1. The Labute approximate surface area is 257 Å². The molecule has 0 aromatic heterocycles. The topological polar surface area (TPSA) is 81.2 Å². The predicted molar refractivity (Wildman–Crippen MR) is 168 cm³/mol. The number of rotatable bonds is 11. The highest BCUT2D eigenvalue weighted by molar-refractivity contribution is 8.02. The molecule has 3 amide bonds. The molecule has 3 aliphatic heterocycles. The number of likely N-dealkylation sites (tertiary alicyclic amines) is 1. The fourth-order valence-corrected chi connectivity index (χ4v) is 9.67. The van der Waals surface area contributed by atoms with E-state index in [2.05, 4.69) is 13.2 Å². The Hall–Kier alpha value is -3.07. The van der Waals surface area contributed by atoms with E-state index in [1.165, 1.54) is 0 Å². The second-order valence-corrected chi connectivity index (χ2v) is 13.5. The van der Waals surface area contributed by atoms with Gasteiger partial charge in [-0.1, -0.05) is 66.2 Å². The van der Waals surface area contributed by atoms with Crippen molar-refractivity contribution in [3.8, 4) is 0 Å². The number of carbonyl (C=O) groups excluding carboxylic acids is 3. The highest BCUT2D eigenvalue weighted by atomic mass is 35.5. The van der Waals surface area contributed by atoms with Crippen LogP contribution >= 0.6 is 23.4 Å². The monoisotopic (exact) mass is 607 g/mol. The van der Waals surface area contributed by atoms with Gasteiger partial charge in [0.1, 0.15) is 6.04 Å². The largest absolute Gasteiger partial charge is 0.394 e. The minimum absolute atomic E-state index is 0.0775. The number of aliphatic hydroxyl groups excluding tert-OH is 1. The van der Waals surface area contributed by atoms with Gasteiger partial charge < -0.3 is 19.8 Å². The van der Waals surface area contributed by atoms with Crippen molar-refractivity contribution in [3.63, 3.8) is 0 Å². The molecule has 2 aromatic rings. The van der Waals surface area contributed by atoms with Gasteiger partial charge in [0.15, 0.2) is 0 Å². The molecule has 1 N–H and O–H groups in total. The molecule has 7 nitrogen and oxygen atoms in total. The minimum Gasteiger partial charge on any atom is -0.394 e. The average Bonchev–Trinajstić information content (AvgIpc) is 3.63. The summed E-state index contributed by atoms with van der Waals surface area (Å²) in [4.78, 5) is 48.3. The van der Waals surface area contributed by atoms with Crippen LogP contribution in [0.5, 0.6) is 0 Å². The number of amides is 3. The molecule has 0 radical (unpaired) electrons. The number of para-hydroxylation sites is 1. The Kier molecular flexibility index (Phi) is 8.88. The number of nitrogens with zero attached hydrogens (tertiary/aromatic N) is 3. The van der Waals surface area contributed by atoms with Gasteiger partial charge in [-0.25, -0.2) is 0 Å². The molecule has 3 aliphatic rings. The summed E-state index contributed by atoms with van der Waals surface area (Å²) in [5.41, 5.74) is 2.41. The van der Waals surface area contributed by atoms with E-state index in [0.717, 1.165) is 17.5 Å². The van der Waals surface area contributed by atoms with Gasteiger partial charge in [-0.2, -0.15) is 0 Å². The van der Waals surface area contributed by atoms with Crippen molar-refractivity contribution in [2.24, 2.45) is 11.8 Å². The SMILES string of the molecule is C=CCN(Cc1ccccc1)C(=O)[C@@H]1[C@H]2C(=O)N([C@H](C)CO)C(C(=O)N(CC=C)c3c(C)cccc3Cl)C23CC[C@H]1S3. The van der Waals surface area contributed by atoms with Crippen molar-refractivity contribution in [2.45, 2.75) is 55.3 Å². The maximum atomic E-state index is 14.7. The summed E-state index contributed by atoms with van der Waals surface area (Å²) in [6, 6.07) is 13.8. The van der Waals surface area contributed by atoms with Crippen LogP contribution in [-0.4, -0.2) is 74.4 Å². The average molecular weight is 608 g/mol. The van der Waals surface area contributed by atoms with Crippen LogP contribution in [0.1, 0.15) is 30.9 Å². The van der Waals surface area contributed by atoms with Crippen molar-refractivity contribution in [1.29, 1.82) is 0 Å². The number of anilines is 1. The first-order chi connectivity index (χ1) is 20.2. The minimum atomic E-state index is -0.859. The molecule has 2 bridgehead atoms. The molecule has 3 heterocycles. The molecule has 2 unspecified atom stereocenters. The summed E-state index contributed by atoms with van der Waals surface area (Å²) in [5.74, 6) is -1.84. The highest BCUT2D eigenvalue weighted by Crippen LogP contribution is 2.67. The Morgan fingerprint density at radius 1 is 1.14 bits per heavy atom. The number of benzene rings is 2. The van der Waals surface area contributed by atoms with Crippen LogP contribution in [0, 0.1) is 18.8 Å². The number of aliphatic hydroxyl groups is 1. The number of aryl methyl sites for hydroxylation is 1. The van der Waals surface area contributed by atoms with Gasteiger partial charge in [0.05, 0.1) is 39.9 Å². The fraction of sp³-hybridized carbons (Fsp3) is 0.424. The third-order valence-electron chi connectivity index (χ3n) is 8.91. The van der Waals surface area contributed by atoms with Gasteiger partial charge in [0.2, 0.25) is 11.8 Å². The van der Waals surface area contributed by atoms with Gasteiger partial charge >= 0.3 is 0 Å². The van der Waals surface area contributed by atoms with Gasteiger partial charge in [0.25, 0.3) is 5.91 Å². The van der Waals surface area contributed by atoms with E-state index in [0.29, 0.717) is 30.2 Å². The number of thioether (sulfide) groups is 1. The predicted octanol–water partition coefficient (Wildman–Crippen LogP) is 4.85. The number of hydrogen-bond acceptors (Lipinski definition) is 5. The third kappa shape index (κ3) is 4.97. The summed E-state index contributed by atoms with van der Waals surface area (Å²) in [5, 5.41) is 10.6. The lowest BCUT2D eigenvalue weighted by Crippen LogP contribution is -2.57. The molecule has 42 heavy (non-hydrogen) atoms. The summed E-state index contributed by atoms with van der Waals surface area (Å²) in [6.45, 7) is 12.1. The van der Waals surface area contributed by atoms with E-state index < -0.39 is 28.7 Å². The molecule has 0 saturated carbocycles. The highest BCUT2D eigenvalue weighted by Gasteiger charge is 2.74. The lowest BCUT2D eigenvalue weighted by Gasteiger charge is -2.39. The van der Waals surface area contributed by atoms with Gasteiger partial charge in [-0.05, 0) is 43.9 Å². The zero-order chi connectivity index (χ0) is 30.2. The van der Waals surface area contributed by atoms with Crippen LogP contribution in [0.3, 0.4) is 0 Å². The lowest BCUT2D eigenvalue weighted by atomic mass is 9.70. The van der Waals surface area contributed by atoms with Crippen molar-refractivity contribution in [1.82, 2.24) is 9.80 Å².